The number of halogens is 3. The molecule has 1 amide bonds. The molecule has 0 radical (unpaired) electrons. The molecule has 1 aliphatic rings. The van der Waals surface area contributed by atoms with Crippen molar-refractivity contribution in [1.82, 2.24) is 4.90 Å². The summed E-state index contributed by atoms with van der Waals surface area (Å²) in [5.74, 6) is -2.95. The molecule has 1 heterocycles. The van der Waals surface area contributed by atoms with Crippen LogP contribution in [0, 0.1) is 0 Å². The number of rotatable bonds is 1. The van der Waals surface area contributed by atoms with Crippen LogP contribution in [0.3, 0.4) is 0 Å². The van der Waals surface area contributed by atoms with Crippen LogP contribution in [-0.4, -0.2) is 29.1 Å². The highest BCUT2D eigenvalue weighted by atomic mass is 79.9. The van der Waals surface area contributed by atoms with E-state index in [1.807, 2.05) is 0 Å². The van der Waals surface area contributed by atoms with Crippen LogP contribution in [0.1, 0.15) is 38.8 Å². The summed E-state index contributed by atoms with van der Waals surface area (Å²) in [5, 5.41) is 0. The highest BCUT2D eigenvalue weighted by Gasteiger charge is 2.52. The normalized spacial score (nSPS) is 21.4. The second-order valence-corrected chi connectivity index (χ2v) is 7.05. The van der Waals surface area contributed by atoms with Crippen molar-refractivity contribution in [2.45, 2.75) is 44.8 Å². The van der Waals surface area contributed by atoms with E-state index in [4.69, 9.17) is 4.74 Å². The highest BCUT2D eigenvalue weighted by molar-refractivity contribution is 9.10. The average molecular weight is 362 g/mol. The van der Waals surface area contributed by atoms with E-state index in [0.29, 0.717) is 5.56 Å². The second kappa shape index (κ2) is 5.55. The van der Waals surface area contributed by atoms with Gasteiger partial charge < -0.3 is 4.74 Å². The average Bonchev–Trinajstić information content (AvgIpc) is 2.64. The fourth-order valence-corrected chi connectivity index (χ4v) is 2.61. The summed E-state index contributed by atoms with van der Waals surface area (Å²) in [6.45, 7) is 5.14. The predicted octanol–water partition coefficient (Wildman–Crippen LogP) is 4.77. The molecular formula is C15H18BrF2NO2. The van der Waals surface area contributed by atoms with Gasteiger partial charge in [-0.3, -0.25) is 4.90 Å². The number of hydrogen-bond donors (Lipinski definition) is 0. The molecule has 3 nitrogen and oxygen atoms in total. The van der Waals surface area contributed by atoms with Gasteiger partial charge in [-0.2, -0.15) is 0 Å². The van der Waals surface area contributed by atoms with Gasteiger partial charge in [-0.05, 0) is 38.5 Å². The fraction of sp³-hybridized carbons (Fsp3) is 0.533. The maximum absolute atomic E-state index is 14.2. The third-order valence-corrected chi connectivity index (χ3v) is 3.74. The molecule has 0 bridgehead atoms. The van der Waals surface area contributed by atoms with Gasteiger partial charge in [0.05, 0.1) is 0 Å². The van der Waals surface area contributed by atoms with Gasteiger partial charge in [0.1, 0.15) is 11.6 Å². The van der Waals surface area contributed by atoms with E-state index in [1.54, 1.807) is 45.0 Å². The van der Waals surface area contributed by atoms with Crippen LogP contribution in [0.15, 0.2) is 28.7 Å². The van der Waals surface area contributed by atoms with Crippen LogP contribution < -0.4 is 0 Å². The molecule has 116 valence electrons. The Morgan fingerprint density at radius 3 is 2.43 bits per heavy atom. The lowest BCUT2D eigenvalue weighted by Crippen LogP contribution is -2.39. The number of carbonyl (C=O) groups excluding carboxylic acids is 1. The number of benzene rings is 1. The molecule has 0 N–H and O–H groups in total. The first-order valence-corrected chi connectivity index (χ1v) is 7.52. The standard InChI is InChI=1S/C15H18BrF2NO2/c1-14(2,3)21-13(20)19-9-8-15(17,18)12(19)10-4-6-11(16)7-5-10/h4-7,12H,8-9H2,1-3H3. The summed E-state index contributed by atoms with van der Waals surface area (Å²) in [5.41, 5.74) is -0.300. The topological polar surface area (TPSA) is 29.5 Å². The Bertz CT molecular complexity index is 525. The molecule has 2 rings (SSSR count). The van der Waals surface area contributed by atoms with Gasteiger partial charge in [-0.1, -0.05) is 28.1 Å². The van der Waals surface area contributed by atoms with E-state index >= 15 is 0 Å². The number of amides is 1. The summed E-state index contributed by atoms with van der Waals surface area (Å²) in [6.07, 6.45) is -1.06. The van der Waals surface area contributed by atoms with Gasteiger partial charge in [-0.25, -0.2) is 13.6 Å². The number of nitrogens with zero attached hydrogens (tertiary/aromatic N) is 1. The van der Waals surface area contributed by atoms with Gasteiger partial charge in [0, 0.05) is 17.4 Å². The van der Waals surface area contributed by atoms with Gasteiger partial charge in [-0.15, -0.1) is 0 Å². The van der Waals surface area contributed by atoms with Crippen molar-refractivity contribution in [3.8, 4) is 0 Å². The van der Waals surface area contributed by atoms with E-state index in [-0.39, 0.29) is 13.0 Å². The Balaban J connectivity index is 2.29. The van der Waals surface area contributed by atoms with Crippen LogP contribution >= 0.6 is 15.9 Å². The van der Waals surface area contributed by atoms with E-state index in [2.05, 4.69) is 15.9 Å². The van der Waals surface area contributed by atoms with Crippen LogP contribution in [0.2, 0.25) is 0 Å². The zero-order chi connectivity index (χ0) is 15.8. The molecule has 21 heavy (non-hydrogen) atoms. The Morgan fingerprint density at radius 2 is 1.90 bits per heavy atom. The number of likely N-dealkylation sites (tertiary alicyclic amines) is 1. The van der Waals surface area contributed by atoms with E-state index < -0.39 is 23.7 Å². The van der Waals surface area contributed by atoms with E-state index in [1.165, 1.54) is 0 Å². The lowest BCUT2D eigenvalue weighted by Gasteiger charge is -2.30. The third-order valence-electron chi connectivity index (χ3n) is 3.21. The highest BCUT2D eigenvalue weighted by Crippen LogP contribution is 2.45. The molecule has 0 saturated carbocycles. The van der Waals surface area contributed by atoms with Gasteiger partial charge >= 0.3 is 6.09 Å². The number of carbonyl (C=O) groups is 1. The van der Waals surface area contributed by atoms with Crippen molar-refractivity contribution in [3.63, 3.8) is 0 Å². The zero-order valence-corrected chi connectivity index (χ0v) is 13.8. The SMILES string of the molecule is CC(C)(C)OC(=O)N1CCC(F)(F)C1c1ccc(Br)cc1. The molecule has 0 aliphatic carbocycles. The summed E-state index contributed by atoms with van der Waals surface area (Å²) in [6, 6.07) is 5.31. The van der Waals surface area contributed by atoms with Gasteiger partial charge in [0.2, 0.25) is 0 Å². The summed E-state index contributed by atoms with van der Waals surface area (Å²) < 4.78 is 34.4. The molecule has 0 aromatic heterocycles. The Hall–Kier alpha value is -1.17. The molecule has 0 spiro atoms. The largest absolute Gasteiger partial charge is 0.444 e. The molecular weight excluding hydrogens is 344 g/mol. The number of hydrogen-bond acceptors (Lipinski definition) is 2. The summed E-state index contributed by atoms with van der Waals surface area (Å²) in [4.78, 5) is 13.3. The molecule has 1 aromatic rings. The maximum Gasteiger partial charge on any atom is 0.411 e. The monoisotopic (exact) mass is 361 g/mol. The molecule has 1 saturated heterocycles. The quantitative estimate of drug-likeness (QED) is 0.721. The van der Waals surface area contributed by atoms with Crippen molar-refractivity contribution in [1.29, 1.82) is 0 Å². The van der Waals surface area contributed by atoms with Gasteiger partial charge in [0.15, 0.2) is 0 Å². The maximum atomic E-state index is 14.2. The van der Waals surface area contributed by atoms with Crippen molar-refractivity contribution in [3.05, 3.63) is 34.3 Å². The summed E-state index contributed by atoms with van der Waals surface area (Å²) in [7, 11) is 0. The minimum atomic E-state index is -2.95. The van der Waals surface area contributed by atoms with Crippen LogP contribution in [0.25, 0.3) is 0 Å². The smallest absolute Gasteiger partial charge is 0.411 e. The lowest BCUT2D eigenvalue weighted by molar-refractivity contribution is -0.0418. The Kier molecular flexibility index (Phi) is 4.29. The van der Waals surface area contributed by atoms with E-state index in [0.717, 1.165) is 9.37 Å². The minimum absolute atomic E-state index is 0.0113. The Labute approximate surface area is 131 Å². The van der Waals surface area contributed by atoms with Gasteiger partial charge in [0.25, 0.3) is 5.92 Å². The first kappa shape index (κ1) is 16.2. The predicted molar refractivity (Wildman–Crippen MR) is 79.4 cm³/mol. The fourth-order valence-electron chi connectivity index (χ4n) is 2.35. The second-order valence-electron chi connectivity index (χ2n) is 6.14. The molecule has 1 fully saturated rings. The summed E-state index contributed by atoms with van der Waals surface area (Å²) >= 11 is 3.27. The molecule has 1 aromatic carbocycles. The molecule has 1 unspecified atom stereocenters. The molecule has 6 heteroatoms. The van der Waals surface area contributed by atoms with Crippen molar-refractivity contribution in [2.24, 2.45) is 0 Å². The Morgan fingerprint density at radius 1 is 1.33 bits per heavy atom. The van der Waals surface area contributed by atoms with Crippen LogP contribution in [-0.2, 0) is 4.74 Å². The number of alkyl halides is 2. The first-order chi connectivity index (χ1) is 9.60. The molecule has 1 atom stereocenters. The van der Waals surface area contributed by atoms with Crippen molar-refractivity contribution < 1.29 is 18.3 Å². The zero-order valence-electron chi connectivity index (χ0n) is 12.2. The van der Waals surface area contributed by atoms with Crippen LogP contribution in [0.4, 0.5) is 13.6 Å². The van der Waals surface area contributed by atoms with Crippen LogP contribution in [0.5, 0.6) is 0 Å². The van der Waals surface area contributed by atoms with Crippen molar-refractivity contribution >= 4 is 22.0 Å². The minimum Gasteiger partial charge on any atom is -0.444 e. The first-order valence-electron chi connectivity index (χ1n) is 6.73. The third kappa shape index (κ3) is 3.73. The van der Waals surface area contributed by atoms with E-state index in [9.17, 15) is 13.6 Å². The van der Waals surface area contributed by atoms with Crippen molar-refractivity contribution in [2.75, 3.05) is 6.54 Å². The number of ether oxygens (including phenoxy) is 1. The molecule has 1 aliphatic heterocycles. The lowest BCUT2D eigenvalue weighted by atomic mass is 10.0.